The van der Waals surface area contributed by atoms with Gasteiger partial charge in [0.15, 0.2) is 0 Å². The Morgan fingerprint density at radius 1 is 1.41 bits per heavy atom. The topological polar surface area (TPSA) is 58.4 Å². The molecule has 2 heterocycles. The van der Waals surface area contributed by atoms with Crippen LogP contribution in [0, 0.1) is 5.92 Å². The summed E-state index contributed by atoms with van der Waals surface area (Å²) in [5.41, 5.74) is 0. The van der Waals surface area contributed by atoms with Crippen LogP contribution in [0.15, 0.2) is 12.4 Å². The fourth-order valence-corrected chi connectivity index (χ4v) is 3.14. The minimum Gasteiger partial charge on any atom is -0.481 e. The normalized spacial score (nSPS) is 29.2. The average Bonchev–Trinajstić information content (AvgIpc) is 2.96. The summed E-state index contributed by atoms with van der Waals surface area (Å²) in [6, 6.07) is 0.206. The first-order valence-electron chi connectivity index (χ1n) is 6.22. The number of fused-ring (bicyclic) bond motifs is 1. The van der Waals surface area contributed by atoms with Crippen molar-refractivity contribution in [3.05, 3.63) is 18.2 Å². The molecule has 0 saturated heterocycles. The minimum atomic E-state index is -0.638. The van der Waals surface area contributed by atoms with Gasteiger partial charge in [-0.3, -0.25) is 9.69 Å². The molecule has 0 amide bonds. The van der Waals surface area contributed by atoms with Crippen LogP contribution in [-0.4, -0.2) is 38.1 Å². The molecule has 0 radical (unpaired) electrons. The lowest BCUT2D eigenvalue weighted by Crippen LogP contribution is -2.44. The Morgan fingerprint density at radius 3 is 3.12 bits per heavy atom. The molecular weight excluding hydrogens is 218 g/mol. The third-order valence-electron chi connectivity index (χ3n) is 4.04. The van der Waals surface area contributed by atoms with Crippen molar-refractivity contribution in [1.29, 1.82) is 0 Å². The molecule has 0 spiro atoms. The Labute approximate surface area is 100 Å². The summed E-state index contributed by atoms with van der Waals surface area (Å²) in [6.07, 6.45) is 6.69. The van der Waals surface area contributed by atoms with Gasteiger partial charge >= 0.3 is 5.97 Å². The van der Waals surface area contributed by atoms with Crippen LogP contribution < -0.4 is 0 Å². The molecule has 1 N–H and O–H groups in total. The van der Waals surface area contributed by atoms with E-state index in [1.807, 2.05) is 12.4 Å². The van der Waals surface area contributed by atoms with E-state index in [-0.39, 0.29) is 12.0 Å². The number of carboxylic acid groups (broad SMARTS) is 1. The molecule has 2 unspecified atom stereocenters. The maximum atomic E-state index is 11.2. The van der Waals surface area contributed by atoms with Gasteiger partial charge in [0.2, 0.25) is 0 Å². The predicted molar refractivity (Wildman–Crippen MR) is 61.4 cm³/mol. The van der Waals surface area contributed by atoms with Crippen LogP contribution in [0.25, 0.3) is 0 Å². The first-order valence-corrected chi connectivity index (χ1v) is 6.22. The molecule has 2 atom stereocenters. The number of nitrogens with zero attached hydrogens (tertiary/aromatic N) is 3. The summed E-state index contributed by atoms with van der Waals surface area (Å²) in [4.78, 5) is 17.8. The maximum Gasteiger partial charge on any atom is 0.308 e. The molecule has 0 bridgehead atoms. The number of aliphatic carboxylic acids is 1. The van der Waals surface area contributed by atoms with Gasteiger partial charge in [-0.15, -0.1) is 0 Å². The largest absolute Gasteiger partial charge is 0.481 e. The smallest absolute Gasteiger partial charge is 0.308 e. The quantitative estimate of drug-likeness (QED) is 0.829. The molecule has 1 fully saturated rings. The molecule has 17 heavy (non-hydrogen) atoms. The first kappa shape index (κ1) is 10.8. The minimum absolute atomic E-state index is 0.184. The third kappa shape index (κ3) is 1.84. The molecule has 1 saturated carbocycles. The van der Waals surface area contributed by atoms with Crippen molar-refractivity contribution in [2.75, 3.05) is 6.54 Å². The highest BCUT2D eigenvalue weighted by atomic mass is 16.4. The number of hydrogen-bond donors (Lipinski definition) is 1. The summed E-state index contributed by atoms with van der Waals surface area (Å²) >= 11 is 0. The molecule has 1 aliphatic heterocycles. The fourth-order valence-electron chi connectivity index (χ4n) is 3.14. The second-order valence-electron chi connectivity index (χ2n) is 4.95. The molecule has 92 valence electrons. The van der Waals surface area contributed by atoms with E-state index in [2.05, 4.69) is 14.5 Å². The first-order chi connectivity index (χ1) is 8.25. The molecule has 0 aromatic carbocycles. The van der Waals surface area contributed by atoms with Crippen molar-refractivity contribution >= 4 is 5.97 Å². The number of imidazole rings is 1. The Morgan fingerprint density at radius 2 is 2.29 bits per heavy atom. The monoisotopic (exact) mass is 235 g/mol. The predicted octanol–water partition coefficient (Wildman–Crippen LogP) is 0.952. The molecule has 1 aliphatic carbocycles. The molecule has 5 nitrogen and oxygen atoms in total. The molecule has 1 aromatic heterocycles. The van der Waals surface area contributed by atoms with E-state index in [0.29, 0.717) is 0 Å². The zero-order valence-electron chi connectivity index (χ0n) is 9.75. The fraction of sp³-hybridized carbons (Fsp3) is 0.667. The maximum absolute atomic E-state index is 11.2. The van der Waals surface area contributed by atoms with Crippen molar-refractivity contribution < 1.29 is 9.90 Å². The van der Waals surface area contributed by atoms with Crippen molar-refractivity contribution in [3.63, 3.8) is 0 Å². The second-order valence-corrected chi connectivity index (χ2v) is 4.95. The highest BCUT2D eigenvalue weighted by Crippen LogP contribution is 2.32. The Bertz CT molecular complexity index is 429. The van der Waals surface area contributed by atoms with Crippen LogP contribution in [-0.2, 0) is 17.9 Å². The van der Waals surface area contributed by atoms with Crippen molar-refractivity contribution in [2.45, 2.75) is 38.4 Å². The van der Waals surface area contributed by atoms with E-state index in [9.17, 15) is 9.90 Å². The number of carbonyl (C=O) groups is 1. The van der Waals surface area contributed by atoms with Crippen molar-refractivity contribution in [3.8, 4) is 0 Å². The highest BCUT2D eigenvalue weighted by Gasteiger charge is 2.37. The van der Waals surface area contributed by atoms with Gasteiger partial charge in [-0.25, -0.2) is 4.98 Å². The lowest BCUT2D eigenvalue weighted by Gasteiger charge is -2.34. The van der Waals surface area contributed by atoms with E-state index in [1.165, 1.54) is 0 Å². The van der Waals surface area contributed by atoms with E-state index in [1.54, 1.807) is 0 Å². The van der Waals surface area contributed by atoms with Gasteiger partial charge < -0.3 is 9.67 Å². The lowest BCUT2D eigenvalue weighted by molar-refractivity contribution is -0.143. The number of hydrogen-bond acceptors (Lipinski definition) is 3. The van der Waals surface area contributed by atoms with Crippen LogP contribution in [0.4, 0.5) is 0 Å². The molecule has 5 heteroatoms. The van der Waals surface area contributed by atoms with Gasteiger partial charge in [0.25, 0.3) is 0 Å². The van der Waals surface area contributed by atoms with Gasteiger partial charge in [-0.2, -0.15) is 0 Å². The van der Waals surface area contributed by atoms with Gasteiger partial charge in [-0.1, -0.05) is 6.42 Å². The molecule has 3 rings (SSSR count). The van der Waals surface area contributed by atoms with E-state index >= 15 is 0 Å². The standard InChI is InChI=1S/C12H17N3O2/c16-12(17)9-2-1-3-10(9)15-7-6-14-5-4-13-11(14)8-15/h4-5,9-10H,1-3,6-8H2,(H,16,17). The lowest BCUT2D eigenvalue weighted by atomic mass is 10.0. The second kappa shape index (κ2) is 4.14. The van der Waals surface area contributed by atoms with E-state index in [4.69, 9.17) is 0 Å². The number of aromatic nitrogens is 2. The van der Waals surface area contributed by atoms with Crippen LogP contribution >= 0.6 is 0 Å². The Balaban J connectivity index is 1.76. The summed E-state index contributed by atoms with van der Waals surface area (Å²) < 4.78 is 2.15. The number of carboxylic acids is 1. The summed E-state index contributed by atoms with van der Waals surface area (Å²) in [7, 11) is 0. The van der Waals surface area contributed by atoms with Gasteiger partial charge in [0, 0.05) is 31.5 Å². The van der Waals surface area contributed by atoms with Gasteiger partial charge in [0.1, 0.15) is 5.82 Å². The third-order valence-corrected chi connectivity index (χ3v) is 4.04. The summed E-state index contributed by atoms with van der Waals surface area (Å²) in [5, 5.41) is 9.22. The molecular formula is C12H17N3O2. The van der Waals surface area contributed by atoms with Crippen LogP contribution in [0.1, 0.15) is 25.1 Å². The van der Waals surface area contributed by atoms with Gasteiger partial charge in [0.05, 0.1) is 12.5 Å². The van der Waals surface area contributed by atoms with Crippen molar-refractivity contribution in [1.82, 2.24) is 14.5 Å². The molecule has 1 aromatic rings. The SMILES string of the molecule is O=C(O)C1CCCC1N1CCn2ccnc2C1. The number of rotatable bonds is 2. The summed E-state index contributed by atoms with van der Waals surface area (Å²) in [5.74, 6) is 0.241. The molecule has 2 aliphatic rings. The van der Waals surface area contributed by atoms with E-state index in [0.717, 1.165) is 44.7 Å². The zero-order valence-corrected chi connectivity index (χ0v) is 9.75. The van der Waals surface area contributed by atoms with Crippen LogP contribution in [0.5, 0.6) is 0 Å². The average molecular weight is 235 g/mol. The van der Waals surface area contributed by atoms with Gasteiger partial charge in [-0.05, 0) is 12.8 Å². The van der Waals surface area contributed by atoms with E-state index < -0.39 is 5.97 Å². The summed E-state index contributed by atoms with van der Waals surface area (Å²) in [6.45, 7) is 2.66. The van der Waals surface area contributed by atoms with Crippen LogP contribution in [0.2, 0.25) is 0 Å². The zero-order chi connectivity index (χ0) is 11.8. The highest BCUT2D eigenvalue weighted by molar-refractivity contribution is 5.71. The Hall–Kier alpha value is -1.36. The van der Waals surface area contributed by atoms with Crippen LogP contribution in [0.3, 0.4) is 0 Å². The Kier molecular flexibility index (Phi) is 2.63. The van der Waals surface area contributed by atoms with Crippen molar-refractivity contribution in [2.24, 2.45) is 5.92 Å².